The van der Waals surface area contributed by atoms with E-state index in [0.29, 0.717) is 0 Å². The largest absolute Gasteiger partial charge is 0.339 e. The maximum Gasteiger partial charge on any atom is 0.250 e. The summed E-state index contributed by atoms with van der Waals surface area (Å²) in [5, 5.41) is 2.83. The van der Waals surface area contributed by atoms with Crippen LogP contribution in [-0.2, 0) is 9.59 Å². The third kappa shape index (κ3) is 1.91. The van der Waals surface area contributed by atoms with Crippen LogP contribution in [0.15, 0.2) is 30.3 Å². The molecule has 0 spiro atoms. The molecule has 1 N–H and O–H groups in total. The summed E-state index contributed by atoms with van der Waals surface area (Å²) in [6, 6.07) is 8.52. The van der Waals surface area contributed by atoms with Crippen LogP contribution in [0.3, 0.4) is 0 Å². The number of nitrogens with zero attached hydrogens (tertiary/aromatic N) is 1. The molecule has 1 aliphatic carbocycles. The van der Waals surface area contributed by atoms with Crippen LogP contribution in [0.25, 0.3) is 0 Å². The number of carbonyl (C=O) groups excluding carboxylic acids is 2. The highest BCUT2D eigenvalue weighted by atomic mass is 16.2. The molecule has 1 aliphatic heterocycles. The molecule has 1 heterocycles. The Kier molecular flexibility index (Phi) is 2.62. The predicted octanol–water partition coefficient (Wildman–Crippen LogP) is 1.63. The lowest BCUT2D eigenvalue weighted by Gasteiger charge is -2.41. The van der Waals surface area contributed by atoms with Crippen molar-refractivity contribution >= 4 is 11.8 Å². The molecule has 1 aromatic rings. The Hall–Kier alpha value is -1.84. The number of hydrogen-bond acceptors (Lipinski definition) is 2. The fourth-order valence-electron chi connectivity index (χ4n) is 2.80. The third-order valence-electron chi connectivity index (χ3n) is 4.23. The minimum atomic E-state index is -0.540. The van der Waals surface area contributed by atoms with Gasteiger partial charge in [0.1, 0.15) is 12.1 Å². The second-order valence-corrected chi connectivity index (χ2v) is 5.73. The second-order valence-electron chi connectivity index (χ2n) is 5.73. The molecule has 2 amide bonds. The zero-order valence-corrected chi connectivity index (χ0v) is 11.2. The molecule has 0 bridgehead atoms. The van der Waals surface area contributed by atoms with Crippen molar-refractivity contribution in [2.75, 3.05) is 0 Å². The van der Waals surface area contributed by atoms with E-state index in [4.69, 9.17) is 0 Å². The molecule has 100 valence electrons. The minimum Gasteiger partial charge on any atom is -0.339 e. The van der Waals surface area contributed by atoms with Gasteiger partial charge >= 0.3 is 0 Å². The van der Waals surface area contributed by atoms with Crippen LogP contribution in [-0.4, -0.2) is 28.3 Å². The fourth-order valence-corrected chi connectivity index (χ4v) is 2.80. The zero-order valence-electron chi connectivity index (χ0n) is 11.2. The summed E-state index contributed by atoms with van der Waals surface area (Å²) in [6.07, 6.45) is 1.97. The standard InChI is InChI=1S/C15H18N2O2/c1-10-13(18)16-12(11-6-4-3-5-7-11)14(19)17(10)15(2)8-9-15/h3-7,10,12H,8-9H2,1-2H3,(H,16,18). The molecule has 4 nitrogen and oxygen atoms in total. The van der Waals surface area contributed by atoms with Gasteiger partial charge in [-0.2, -0.15) is 0 Å². The molecule has 2 atom stereocenters. The van der Waals surface area contributed by atoms with E-state index in [2.05, 4.69) is 12.2 Å². The molecule has 3 rings (SSSR count). The van der Waals surface area contributed by atoms with E-state index in [1.54, 1.807) is 11.8 Å². The smallest absolute Gasteiger partial charge is 0.250 e. The van der Waals surface area contributed by atoms with Gasteiger partial charge in [-0.15, -0.1) is 0 Å². The predicted molar refractivity (Wildman–Crippen MR) is 71.3 cm³/mol. The van der Waals surface area contributed by atoms with E-state index >= 15 is 0 Å². The highest BCUT2D eigenvalue weighted by Crippen LogP contribution is 2.44. The van der Waals surface area contributed by atoms with Gasteiger partial charge in [-0.25, -0.2) is 0 Å². The van der Waals surface area contributed by atoms with Gasteiger partial charge in [0, 0.05) is 5.54 Å². The lowest BCUT2D eigenvalue weighted by molar-refractivity contribution is -0.152. The van der Waals surface area contributed by atoms with Crippen LogP contribution in [0, 0.1) is 0 Å². The Labute approximate surface area is 112 Å². The van der Waals surface area contributed by atoms with Crippen molar-refractivity contribution in [1.29, 1.82) is 0 Å². The Morgan fingerprint density at radius 2 is 1.84 bits per heavy atom. The molecule has 1 saturated heterocycles. The maximum atomic E-state index is 12.7. The second kappa shape index (κ2) is 4.08. The number of piperazine rings is 1. The van der Waals surface area contributed by atoms with E-state index in [1.807, 2.05) is 30.3 Å². The van der Waals surface area contributed by atoms with Crippen molar-refractivity contribution in [3.05, 3.63) is 35.9 Å². The SMILES string of the molecule is CC1C(=O)NC(c2ccccc2)C(=O)N1C1(C)CC1. The van der Waals surface area contributed by atoms with Crippen molar-refractivity contribution in [1.82, 2.24) is 10.2 Å². The molecule has 19 heavy (non-hydrogen) atoms. The summed E-state index contributed by atoms with van der Waals surface area (Å²) in [4.78, 5) is 26.6. The summed E-state index contributed by atoms with van der Waals surface area (Å²) < 4.78 is 0. The van der Waals surface area contributed by atoms with E-state index in [1.165, 1.54) is 0 Å². The van der Waals surface area contributed by atoms with E-state index in [9.17, 15) is 9.59 Å². The Morgan fingerprint density at radius 3 is 2.42 bits per heavy atom. The van der Waals surface area contributed by atoms with Crippen LogP contribution in [0.2, 0.25) is 0 Å². The first-order valence-electron chi connectivity index (χ1n) is 6.71. The normalized spacial score (nSPS) is 29.1. The Balaban J connectivity index is 1.95. The van der Waals surface area contributed by atoms with Gasteiger partial charge in [-0.1, -0.05) is 30.3 Å². The number of rotatable bonds is 2. The van der Waals surface area contributed by atoms with E-state index < -0.39 is 6.04 Å². The van der Waals surface area contributed by atoms with Gasteiger partial charge in [0.15, 0.2) is 0 Å². The first-order valence-corrected chi connectivity index (χ1v) is 6.71. The van der Waals surface area contributed by atoms with Crippen LogP contribution >= 0.6 is 0 Å². The van der Waals surface area contributed by atoms with Crippen molar-refractivity contribution in [3.8, 4) is 0 Å². The first kappa shape index (κ1) is 12.2. The van der Waals surface area contributed by atoms with Crippen LogP contribution in [0.4, 0.5) is 0 Å². The molecule has 4 heteroatoms. The molecular formula is C15H18N2O2. The molecule has 2 unspecified atom stereocenters. The molecule has 1 aromatic carbocycles. The Bertz CT molecular complexity index is 522. The van der Waals surface area contributed by atoms with Gasteiger partial charge in [0.2, 0.25) is 5.91 Å². The van der Waals surface area contributed by atoms with Gasteiger partial charge in [-0.3, -0.25) is 9.59 Å². The summed E-state index contributed by atoms with van der Waals surface area (Å²) >= 11 is 0. The summed E-state index contributed by atoms with van der Waals surface area (Å²) in [5.74, 6) is -0.0557. The van der Waals surface area contributed by atoms with Crippen molar-refractivity contribution in [2.45, 2.75) is 44.3 Å². The summed E-state index contributed by atoms with van der Waals surface area (Å²) in [6.45, 7) is 3.86. The number of hydrogen-bond donors (Lipinski definition) is 1. The number of benzene rings is 1. The monoisotopic (exact) mass is 258 g/mol. The van der Waals surface area contributed by atoms with Crippen LogP contribution in [0.1, 0.15) is 38.3 Å². The van der Waals surface area contributed by atoms with Gasteiger partial charge in [0.25, 0.3) is 5.91 Å². The van der Waals surface area contributed by atoms with Gasteiger partial charge in [-0.05, 0) is 32.3 Å². The van der Waals surface area contributed by atoms with Crippen molar-refractivity contribution < 1.29 is 9.59 Å². The average molecular weight is 258 g/mol. The zero-order chi connectivity index (χ0) is 13.6. The fraction of sp³-hybridized carbons (Fsp3) is 0.467. The van der Waals surface area contributed by atoms with Crippen molar-refractivity contribution in [2.24, 2.45) is 0 Å². The molecular weight excluding hydrogens is 240 g/mol. The van der Waals surface area contributed by atoms with E-state index in [-0.39, 0.29) is 23.4 Å². The topological polar surface area (TPSA) is 49.4 Å². The number of carbonyl (C=O) groups is 2. The van der Waals surface area contributed by atoms with Crippen molar-refractivity contribution in [3.63, 3.8) is 0 Å². The molecule has 2 fully saturated rings. The lowest BCUT2D eigenvalue weighted by atomic mass is 9.99. The highest BCUT2D eigenvalue weighted by Gasteiger charge is 2.53. The number of nitrogens with one attached hydrogen (secondary N) is 1. The lowest BCUT2D eigenvalue weighted by Crippen LogP contribution is -2.61. The Morgan fingerprint density at radius 1 is 1.21 bits per heavy atom. The van der Waals surface area contributed by atoms with Crippen LogP contribution in [0.5, 0.6) is 0 Å². The molecule has 0 radical (unpaired) electrons. The van der Waals surface area contributed by atoms with Gasteiger partial charge < -0.3 is 10.2 Å². The number of amides is 2. The van der Waals surface area contributed by atoms with Gasteiger partial charge in [0.05, 0.1) is 0 Å². The van der Waals surface area contributed by atoms with Crippen LogP contribution < -0.4 is 5.32 Å². The average Bonchev–Trinajstić information content (AvgIpc) is 3.14. The van der Waals surface area contributed by atoms with E-state index in [0.717, 1.165) is 18.4 Å². The molecule has 0 aromatic heterocycles. The molecule has 2 aliphatic rings. The highest BCUT2D eigenvalue weighted by molar-refractivity contribution is 5.98. The summed E-state index contributed by atoms with van der Waals surface area (Å²) in [5.41, 5.74) is 0.725. The minimum absolute atomic E-state index is 0.0123. The third-order valence-corrected chi connectivity index (χ3v) is 4.23. The summed E-state index contributed by atoms with van der Waals surface area (Å²) in [7, 11) is 0. The first-order chi connectivity index (χ1) is 9.03. The maximum absolute atomic E-state index is 12.7. The molecule has 1 saturated carbocycles. The quantitative estimate of drug-likeness (QED) is 0.876.